The molecule has 1 N–H and O–H groups in total. The summed E-state index contributed by atoms with van der Waals surface area (Å²) in [5, 5.41) is 11.7. The van der Waals surface area contributed by atoms with Gasteiger partial charge in [0.15, 0.2) is 5.82 Å². The molecule has 0 aromatic carbocycles. The predicted octanol–water partition coefficient (Wildman–Crippen LogP) is 0.814. The van der Waals surface area contributed by atoms with E-state index in [0.717, 1.165) is 36.8 Å². The molecule has 5 nitrogen and oxygen atoms in total. The number of hydrogen-bond donors (Lipinski definition) is 1. The van der Waals surface area contributed by atoms with Gasteiger partial charge in [0.1, 0.15) is 5.76 Å². The summed E-state index contributed by atoms with van der Waals surface area (Å²) in [5.41, 5.74) is 2.41. The fraction of sp³-hybridized carbons (Fsp3) is 0.400. The highest BCUT2D eigenvalue weighted by atomic mass is 16.5. The maximum atomic E-state index is 5.02. The Kier molecular flexibility index (Phi) is 1.85. The Labute approximate surface area is 87.1 Å². The molecule has 3 rings (SSSR count). The Morgan fingerprint density at radius 3 is 3.20 bits per heavy atom. The smallest absolute Gasteiger partial charge is 0.196 e. The first kappa shape index (κ1) is 8.67. The predicted molar refractivity (Wildman–Crippen MR) is 53.8 cm³/mol. The maximum Gasteiger partial charge on any atom is 0.196 e. The first-order chi connectivity index (χ1) is 7.33. The molecular weight excluding hydrogens is 192 g/mol. The molecule has 0 unspecified atom stereocenters. The molecule has 15 heavy (non-hydrogen) atoms. The summed E-state index contributed by atoms with van der Waals surface area (Å²) in [6.45, 7) is 3.75. The normalized spacial score (nSPS) is 15.3. The zero-order chi connectivity index (χ0) is 10.3. The standard InChI is InChI=1S/C10H12N4O/c1-7-4-10(13-15-7)14-6-8-2-3-11-5-9(8)12-14/h4,6,11H,2-3,5H2,1H3. The third-order valence-corrected chi connectivity index (χ3v) is 2.59. The van der Waals surface area contributed by atoms with E-state index in [2.05, 4.69) is 15.6 Å². The van der Waals surface area contributed by atoms with E-state index in [1.54, 1.807) is 4.68 Å². The van der Waals surface area contributed by atoms with Gasteiger partial charge in [-0.3, -0.25) is 0 Å². The summed E-state index contributed by atoms with van der Waals surface area (Å²) < 4.78 is 6.81. The van der Waals surface area contributed by atoms with Crippen LogP contribution in [0.25, 0.3) is 5.82 Å². The third kappa shape index (κ3) is 1.45. The van der Waals surface area contributed by atoms with Crippen LogP contribution < -0.4 is 5.32 Å². The van der Waals surface area contributed by atoms with Gasteiger partial charge in [-0.25, -0.2) is 4.68 Å². The lowest BCUT2D eigenvalue weighted by atomic mass is 10.1. The van der Waals surface area contributed by atoms with Crippen molar-refractivity contribution in [3.05, 3.63) is 29.3 Å². The molecule has 0 saturated heterocycles. The van der Waals surface area contributed by atoms with E-state index in [4.69, 9.17) is 4.52 Å². The summed E-state index contributed by atoms with van der Waals surface area (Å²) in [5.74, 6) is 1.55. The molecule has 0 saturated carbocycles. The van der Waals surface area contributed by atoms with Crippen molar-refractivity contribution in [3.8, 4) is 5.82 Å². The molecule has 1 aliphatic rings. The molecule has 0 aliphatic carbocycles. The van der Waals surface area contributed by atoms with Crippen LogP contribution in [0.4, 0.5) is 0 Å². The van der Waals surface area contributed by atoms with E-state index < -0.39 is 0 Å². The first-order valence-electron chi connectivity index (χ1n) is 5.05. The first-order valence-corrected chi connectivity index (χ1v) is 5.05. The average molecular weight is 204 g/mol. The molecule has 0 fully saturated rings. The molecular formula is C10H12N4O. The molecule has 2 aromatic heterocycles. The van der Waals surface area contributed by atoms with E-state index in [9.17, 15) is 0 Å². The van der Waals surface area contributed by atoms with Gasteiger partial charge >= 0.3 is 0 Å². The Balaban J connectivity index is 2.02. The van der Waals surface area contributed by atoms with Crippen LogP contribution in [0.15, 0.2) is 16.8 Å². The maximum absolute atomic E-state index is 5.02. The fourth-order valence-electron chi connectivity index (χ4n) is 1.81. The summed E-state index contributed by atoms with van der Waals surface area (Å²) in [7, 11) is 0. The minimum absolute atomic E-state index is 0.752. The van der Waals surface area contributed by atoms with E-state index in [-0.39, 0.29) is 0 Å². The number of aryl methyl sites for hydroxylation is 1. The van der Waals surface area contributed by atoms with Crippen molar-refractivity contribution in [2.45, 2.75) is 19.9 Å². The van der Waals surface area contributed by atoms with Gasteiger partial charge in [-0.1, -0.05) is 5.16 Å². The van der Waals surface area contributed by atoms with Crippen LogP contribution in [0.2, 0.25) is 0 Å². The molecule has 0 amide bonds. The average Bonchev–Trinajstić information content (AvgIpc) is 2.82. The second kappa shape index (κ2) is 3.20. The SMILES string of the molecule is Cc1cc(-n2cc3c(n2)CNCC3)no1. The minimum Gasteiger partial charge on any atom is -0.359 e. The van der Waals surface area contributed by atoms with E-state index in [0.29, 0.717) is 0 Å². The Hall–Kier alpha value is -1.62. The molecule has 0 spiro atoms. The second-order valence-corrected chi connectivity index (χ2v) is 3.77. The van der Waals surface area contributed by atoms with Gasteiger partial charge in [0.25, 0.3) is 0 Å². The van der Waals surface area contributed by atoms with E-state index in [1.165, 1.54) is 5.56 Å². The van der Waals surface area contributed by atoms with Crippen LogP contribution in [0.5, 0.6) is 0 Å². The van der Waals surface area contributed by atoms with Gasteiger partial charge in [-0.15, -0.1) is 0 Å². The molecule has 5 heteroatoms. The number of nitrogens with zero attached hydrogens (tertiary/aromatic N) is 3. The van der Waals surface area contributed by atoms with Crippen molar-refractivity contribution in [1.29, 1.82) is 0 Å². The number of nitrogens with one attached hydrogen (secondary N) is 1. The summed E-state index contributed by atoms with van der Waals surface area (Å²) in [4.78, 5) is 0. The van der Waals surface area contributed by atoms with Crippen molar-refractivity contribution in [2.24, 2.45) is 0 Å². The highest BCUT2D eigenvalue weighted by Gasteiger charge is 2.14. The lowest BCUT2D eigenvalue weighted by Gasteiger charge is -2.09. The summed E-state index contributed by atoms with van der Waals surface area (Å²) in [6.07, 6.45) is 3.07. The van der Waals surface area contributed by atoms with E-state index >= 15 is 0 Å². The molecule has 78 valence electrons. The molecule has 0 atom stereocenters. The minimum atomic E-state index is 0.752. The van der Waals surface area contributed by atoms with Crippen molar-refractivity contribution < 1.29 is 4.52 Å². The van der Waals surface area contributed by atoms with Gasteiger partial charge in [0.05, 0.1) is 5.69 Å². The number of fused-ring (bicyclic) bond motifs is 1. The Morgan fingerprint density at radius 2 is 2.47 bits per heavy atom. The van der Waals surface area contributed by atoms with Crippen LogP contribution in [0.3, 0.4) is 0 Å². The highest BCUT2D eigenvalue weighted by molar-refractivity contribution is 5.27. The zero-order valence-electron chi connectivity index (χ0n) is 8.53. The highest BCUT2D eigenvalue weighted by Crippen LogP contribution is 2.15. The van der Waals surface area contributed by atoms with Gasteiger partial charge in [-0.2, -0.15) is 5.10 Å². The van der Waals surface area contributed by atoms with Gasteiger partial charge in [0.2, 0.25) is 0 Å². The topological polar surface area (TPSA) is 55.9 Å². The van der Waals surface area contributed by atoms with Crippen LogP contribution in [-0.4, -0.2) is 21.5 Å². The van der Waals surface area contributed by atoms with Crippen LogP contribution in [-0.2, 0) is 13.0 Å². The van der Waals surface area contributed by atoms with Gasteiger partial charge in [-0.05, 0) is 25.5 Å². The lowest BCUT2D eigenvalue weighted by molar-refractivity contribution is 0.393. The zero-order valence-corrected chi connectivity index (χ0v) is 8.53. The molecule has 2 aromatic rings. The summed E-state index contributed by atoms with van der Waals surface area (Å²) >= 11 is 0. The fourth-order valence-corrected chi connectivity index (χ4v) is 1.81. The van der Waals surface area contributed by atoms with Crippen LogP contribution >= 0.6 is 0 Å². The lowest BCUT2D eigenvalue weighted by Crippen LogP contribution is -2.22. The largest absolute Gasteiger partial charge is 0.359 e. The Bertz CT molecular complexity index is 462. The van der Waals surface area contributed by atoms with E-state index in [1.807, 2.05) is 19.2 Å². The number of rotatable bonds is 1. The molecule has 3 heterocycles. The van der Waals surface area contributed by atoms with Crippen molar-refractivity contribution in [3.63, 3.8) is 0 Å². The van der Waals surface area contributed by atoms with Gasteiger partial charge < -0.3 is 9.84 Å². The van der Waals surface area contributed by atoms with Crippen molar-refractivity contribution in [1.82, 2.24) is 20.3 Å². The summed E-state index contributed by atoms with van der Waals surface area (Å²) in [6, 6.07) is 1.88. The van der Waals surface area contributed by atoms with Gasteiger partial charge in [0, 0.05) is 18.8 Å². The quantitative estimate of drug-likeness (QED) is 0.747. The third-order valence-electron chi connectivity index (χ3n) is 2.59. The molecule has 0 radical (unpaired) electrons. The molecule has 1 aliphatic heterocycles. The van der Waals surface area contributed by atoms with Crippen LogP contribution in [0, 0.1) is 6.92 Å². The number of aromatic nitrogens is 3. The molecule has 0 bridgehead atoms. The van der Waals surface area contributed by atoms with Crippen molar-refractivity contribution in [2.75, 3.05) is 6.54 Å². The monoisotopic (exact) mass is 204 g/mol. The van der Waals surface area contributed by atoms with Crippen LogP contribution in [0.1, 0.15) is 17.0 Å². The van der Waals surface area contributed by atoms with Crippen molar-refractivity contribution >= 4 is 0 Å². The number of hydrogen-bond acceptors (Lipinski definition) is 4. The Morgan fingerprint density at radius 1 is 1.53 bits per heavy atom. The second-order valence-electron chi connectivity index (χ2n) is 3.77.